The third-order valence-electron chi connectivity index (χ3n) is 2.70. The van der Waals surface area contributed by atoms with Gasteiger partial charge in [0.2, 0.25) is 0 Å². The predicted octanol–water partition coefficient (Wildman–Crippen LogP) is 5.22. The van der Waals surface area contributed by atoms with Crippen molar-refractivity contribution in [3.8, 4) is 0 Å². The minimum atomic E-state index is -3.65. The SMILES string of the molecule is C=CCCC(/C=C/c1ccccc1)=N/OP(=O)(OCC)OCC. The van der Waals surface area contributed by atoms with Crippen LogP contribution in [0.4, 0.5) is 0 Å². The Kier molecular flexibility index (Phi) is 9.22. The molecule has 0 saturated heterocycles. The molecule has 0 saturated carbocycles. The number of allylic oxidation sites excluding steroid dienone is 2. The highest BCUT2D eigenvalue weighted by Gasteiger charge is 2.27. The molecule has 0 atom stereocenters. The van der Waals surface area contributed by atoms with Crippen molar-refractivity contribution in [1.29, 1.82) is 0 Å². The second-order valence-electron chi connectivity index (χ2n) is 4.52. The van der Waals surface area contributed by atoms with E-state index < -0.39 is 7.82 Å². The van der Waals surface area contributed by atoms with Crippen LogP contribution in [0.3, 0.4) is 0 Å². The summed E-state index contributed by atoms with van der Waals surface area (Å²) in [5.41, 5.74) is 1.67. The molecule has 0 aliphatic heterocycles. The molecule has 5 nitrogen and oxygen atoms in total. The highest BCUT2D eigenvalue weighted by Crippen LogP contribution is 2.49. The zero-order valence-corrected chi connectivity index (χ0v) is 14.6. The Hall–Kier alpha value is -1.68. The Morgan fingerprint density at radius 1 is 1.22 bits per heavy atom. The number of rotatable bonds is 11. The van der Waals surface area contributed by atoms with E-state index in [2.05, 4.69) is 11.7 Å². The summed E-state index contributed by atoms with van der Waals surface area (Å²) in [5, 5.41) is 3.95. The van der Waals surface area contributed by atoms with E-state index in [1.165, 1.54) is 0 Å². The van der Waals surface area contributed by atoms with Crippen LogP contribution in [0.2, 0.25) is 0 Å². The van der Waals surface area contributed by atoms with Gasteiger partial charge in [-0.15, -0.1) is 6.58 Å². The molecule has 0 heterocycles. The standard InChI is InChI=1S/C17H24NO4P/c1-4-7-13-17(15-14-16-11-9-8-10-12-16)18-22-23(19,20-5-2)21-6-3/h4,8-12,14-15H,1,5-7,13H2,2-3H3/b15-14+,18-17-. The van der Waals surface area contributed by atoms with Gasteiger partial charge in [0.25, 0.3) is 0 Å². The zero-order valence-electron chi connectivity index (χ0n) is 13.7. The average molecular weight is 337 g/mol. The van der Waals surface area contributed by atoms with Gasteiger partial charge < -0.3 is 0 Å². The molecule has 1 aromatic rings. The van der Waals surface area contributed by atoms with E-state index in [-0.39, 0.29) is 13.2 Å². The first-order valence-corrected chi connectivity index (χ1v) is 9.08. The fourth-order valence-corrected chi connectivity index (χ4v) is 2.68. The highest BCUT2D eigenvalue weighted by molar-refractivity contribution is 7.48. The summed E-state index contributed by atoms with van der Waals surface area (Å²) in [6, 6.07) is 9.82. The van der Waals surface area contributed by atoms with Gasteiger partial charge in [-0.3, -0.25) is 13.7 Å². The van der Waals surface area contributed by atoms with Gasteiger partial charge in [-0.25, -0.2) is 4.57 Å². The molecule has 0 aliphatic carbocycles. The Morgan fingerprint density at radius 3 is 2.43 bits per heavy atom. The zero-order chi connectivity index (χ0) is 17.0. The summed E-state index contributed by atoms with van der Waals surface area (Å²) in [4.78, 5) is 0. The molecule has 0 spiro atoms. The molecular formula is C17H24NO4P. The lowest BCUT2D eigenvalue weighted by Crippen LogP contribution is -2.00. The van der Waals surface area contributed by atoms with E-state index in [0.29, 0.717) is 12.1 Å². The van der Waals surface area contributed by atoms with Crippen LogP contribution in [0.5, 0.6) is 0 Å². The molecule has 0 amide bonds. The summed E-state index contributed by atoms with van der Waals surface area (Å²) in [7, 11) is -3.65. The molecule has 23 heavy (non-hydrogen) atoms. The minimum Gasteiger partial charge on any atom is -0.292 e. The van der Waals surface area contributed by atoms with Crippen LogP contribution in [-0.4, -0.2) is 18.9 Å². The first kappa shape index (κ1) is 19.4. The second-order valence-corrected chi connectivity index (χ2v) is 6.09. The van der Waals surface area contributed by atoms with Crippen molar-refractivity contribution < 1.29 is 18.2 Å². The number of hydrogen-bond donors (Lipinski definition) is 0. The molecule has 0 N–H and O–H groups in total. The van der Waals surface area contributed by atoms with Crippen molar-refractivity contribution in [2.45, 2.75) is 26.7 Å². The van der Waals surface area contributed by atoms with Crippen molar-refractivity contribution in [3.63, 3.8) is 0 Å². The third kappa shape index (κ3) is 7.93. The van der Waals surface area contributed by atoms with Crippen LogP contribution in [0.15, 0.2) is 54.2 Å². The van der Waals surface area contributed by atoms with Crippen LogP contribution in [-0.2, 0) is 18.2 Å². The van der Waals surface area contributed by atoms with Gasteiger partial charge in [0.05, 0.1) is 18.9 Å². The van der Waals surface area contributed by atoms with Crippen LogP contribution in [0.25, 0.3) is 6.08 Å². The lowest BCUT2D eigenvalue weighted by Gasteiger charge is -2.13. The molecule has 0 fully saturated rings. The molecule has 1 aromatic carbocycles. The van der Waals surface area contributed by atoms with Crippen molar-refractivity contribution in [2.24, 2.45) is 5.16 Å². The monoisotopic (exact) mass is 337 g/mol. The van der Waals surface area contributed by atoms with E-state index in [9.17, 15) is 4.57 Å². The van der Waals surface area contributed by atoms with E-state index in [1.54, 1.807) is 19.9 Å². The van der Waals surface area contributed by atoms with Gasteiger partial charge in [0.15, 0.2) is 0 Å². The Labute approximate surface area is 138 Å². The van der Waals surface area contributed by atoms with Gasteiger partial charge in [0.1, 0.15) is 0 Å². The number of hydrogen-bond acceptors (Lipinski definition) is 5. The molecule has 0 aromatic heterocycles. The smallest absolute Gasteiger partial charge is 0.292 e. The van der Waals surface area contributed by atoms with Crippen molar-refractivity contribution >= 4 is 19.6 Å². The van der Waals surface area contributed by atoms with E-state index in [4.69, 9.17) is 13.7 Å². The molecule has 126 valence electrons. The van der Waals surface area contributed by atoms with E-state index >= 15 is 0 Å². The summed E-state index contributed by atoms with van der Waals surface area (Å²) in [6.45, 7) is 7.56. The quantitative estimate of drug-likeness (QED) is 0.240. The largest absolute Gasteiger partial charge is 0.550 e. The topological polar surface area (TPSA) is 57.1 Å². The number of oxime groups is 1. The summed E-state index contributed by atoms with van der Waals surface area (Å²) in [5.74, 6) is 0. The predicted molar refractivity (Wildman–Crippen MR) is 94.3 cm³/mol. The molecule has 1 rings (SSSR count). The summed E-state index contributed by atoms with van der Waals surface area (Å²) < 4.78 is 27.4. The first-order valence-electron chi connectivity index (χ1n) is 7.62. The maximum atomic E-state index is 12.2. The Bertz CT molecular complexity index is 559. The average Bonchev–Trinajstić information content (AvgIpc) is 2.55. The molecule has 0 aliphatic rings. The fraction of sp³-hybridized carbons (Fsp3) is 0.353. The molecule has 0 radical (unpaired) electrons. The van der Waals surface area contributed by atoms with E-state index in [0.717, 1.165) is 12.0 Å². The number of phosphoric acid groups is 1. The van der Waals surface area contributed by atoms with Crippen molar-refractivity contribution in [1.82, 2.24) is 0 Å². The van der Waals surface area contributed by atoms with Gasteiger partial charge >= 0.3 is 7.82 Å². The van der Waals surface area contributed by atoms with Crippen molar-refractivity contribution in [3.05, 3.63) is 54.6 Å². The highest BCUT2D eigenvalue weighted by atomic mass is 31.2. The fourth-order valence-electron chi connectivity index (χ4n) is 1.67. The number of phosphoric ester groups is 1. The van der Waals surface area contributed by atoms with Gasteiger partial charge in [-0.1, -0.05) is 47.6 Å². The van der Waals surface area contributed by atoms with Gasteiger partial charge in [-0.05, 0) is 38.3 Å². The second kappa shape index (κ2) is 10.9. The van der Waals surface area contributed by atoms with Crippen molar-refractivity contribution in [2.75, 3.05) is 13.2 Å². The molecule has 0 bridgehead atoms. The molecule has 0 unspecified atom stereocenters. The molecular weight excluding hydrogens is 313 g/mol. The lowest BCUT2D eigenvalue weighted by atomic mass is 10.1. The van der Waals surface area contributed by atoms with Crippen LogP contribution < -0.4 is 0 Å². The maximum absolute atomic E-state index is 12.2. The number of nitrogens with zero attached hydrogens (tertiary/aromatic N) is 1. The maximum Gasteiger partial charge on any atom is 0.550 e. The number of benzene rings is 1. The Morgan fingerprint density at radius 2 is 1.87 bits per heavy atom. The molecule has 6 heteroatoms. The lowest BCUT2D eigenvalue weighted by molar-refractivity contribution is 0.125. The summed E-state index contributed by atoms with van der Waals surface area (Å²) in [6.07, 6.45) is 6.87. The van der Waals surface area contributed by atoms with Gasteiger partial charge in [0, 0.05) is 0 Å². The van der Waals surface area contributed by atoms with Gasteiger partial charge in [-0.2, -0.15) is 0 Å². The normalized spacial score (nSPS) is 12.5. The minimum absolute atomic E-state index is 0.217. The van der Waals surface area contributed by atoms with E-state index in [1.807, 2.05) is 42.5 Å². The van der Waals surface area contributed by atoms with Crippen LogP contribution >= 0.6 is 7.82 Å². The Balaban J connectivity index is 2.84. The first-order chi connectivity index (χ1) is 11.1. The summed E-state index contributed by atoms with van der Waals surface area (Å²) >= 11 is 0. The third-order valence-corrected chi connectivity index (χ3v) is 4.14. The van der Waals surface area contributed by atoms with Crippen LogP contribution in [0, 0.1) is 0 Å². The van der Waals surface area contributed by atoms with Crippen LogP contribution in [0.1, 0.15) is 32.3 Å².